The number of phenols is 3. The van der Waals surface area contributed by atoms with Gasteiger partial charge in [-0.3, -0.25) is 0 Å². The summed E-state index contributed by atoms with van der Waals surface area (Å²) in [5, 5.41) is 30.2. The van der Waals surface area contributed by atoms with Crippen molar-refractivity contribution in [3.05, 3.63) is 82.9 Å². The van der Waals surface area contributed by atoms with Crippen LogP contribution in [0, 0.1) is 0 Å². The average Bonchev–Trinajstić information content (AvgIpc) is 3.24. The molecule has 140 valence electrons. The first-order chi connectivity index (χ1) is 14.1. The van der Waals surface area contributed by atoms with Gasteiger partial charge in [0.15, 0.2) is 0 Å². The number of pyridine rings is 1. The summed E-state index contributed by atoms with van der Waals surface area (Å²) in [4.78, 5) is 5.02. The molecule has 3 aromatic carbocycles. The maximum Gasteiger partial charge on any atom is 0.116 e. The van der Waals surface area contributed by atoms with Gasteiger partial charge in [-0.05, 0) is 69.8 Å². The predicted octanol–water partition coefficient (Wildman–Crippen LogP) is 5.01. The molecule has 0 saturated heterocycles. The molecule has 0 bridgehead atoms. The summed E-state index contributed by atoms with van der Waals surface area (Å²) in [6, 6.07) is 18.2. The van der Waals surface area contributed by atoms with E-state index in [0.717, 1.165) is 68.7 Å². The summed E-state index contributed by atoms with van der Waals surface area (Å²) in [5.74, 6) is 0.662. The molecule has 3 N–H and O–H groups in total. The molecule has 2 aliphatic rings. The number of aromatic hydroxyl groups is 3. The predicted molar refractivity (Wildman–Crippen MR) is 111 cm³/mol. The molecule has 1 heterocycles. The number of hydrogen-bond donors (Lipinski definition) is 3. The fourth-order valence-electron chi connectivity index (χ4n) is 4.72. The minimum Gasteiger partial charge on any atom is -0.508 e. The minimum absolute atomic E-state index is 0.218. The summed E-state index contributed by atoms with van der Waals surface area (Å²) < 4.78 is 0. The van der Waals surface area contributed by atoms with Crippen molar-refractivity contribution >= 4 is 0 Å². The first kappa shape index (κ1) is 16.2. The van der Waals surface area contributed by atoms with E-state index in [1.54, 1.807) is 36.4 Å². The van der Waals surface area contributed by atoms with Gasteiger partial charge in [-0.15, -0.1) is 0 Å². The van der Waals surface area contributed by atoms with Crippen LogP contribution in [0.1, 0.15) is 22.3 Å². The SMILES string of the molecule is Oc1cccc(-c2c3c(nc4c2Cc2ccc(O)cc2-4)-c2cc(O)ccc2C3)c1. The van der Waals surface area contributed by atoms with Crippen LogP contribution < -0.4 is 0 Å². The molecule has 0 radical (unpaired) electrons. The molecule has 1 aromatic heterocycles. The van der Waals surface area contributed by atoms with Gasteiger partial charge in [0.25, 0.3) is 0 Å². The molecule has 0 amide bonds. The van der Waals surface area contributed by atoms with E-state index in [0.29, 0.717) is 0 Å². The van der Waals surface area contributed by atoms with Crippen LogP contribution in [0.15, 0.2) is 60.7 Å². The molecule has 0 fully saturated rings. The summed E-state index contributed by atoms with van der Waals surface area (Å²) >= 11 is 0. The van der Waals surface area contributed by atoms with E-state index in [-0.39, 0.29) is 17.2 Å². The van der Waals surface area contributed by atoms with E-state index in [4.69, 9.17) is 4.98 Å². The van der Waals surface area contributed by atoms with Gasteiger partial charge in [-0.25, -0.2) is 4.98 Å². The van der Waals surface area contributed by atoms with Crippen LogP contribution in [0.4, 0.5) is 0 Å². The lowest BCUT2D eigenvalue weighted by Crippen LogP contribution is -1.98. The Balaban J connectivity index is 1.71. The fraction of sp³-hybridized carbons (Fsp3) is 0.0800. The van der Waals surface area contributed by atoms with Gasteiger partial charge < -0.3 is 15.3 Å². The van der Waals surface area contributed by atoms with Gasteiger partial charge in [0.05, 0.1) is 11.4 Å². The fourth-order valence-corrected chi connectivity index (χ4v) is 4.72. The Kier molecular flexibility index (Phi) is 3.13. The second kappa shape index (κ2) is 5.61. The van der Waals surface area contributed by atoms with Crippen LogP contribution in [0.5, 0.6) is 17.2 Å². The largest absolute Gasteiger partial charge is 0.508 e. The highest BCUT2D eigenvalue weighted by molar-refractivity contribution is 5.92. The summed E-state index contributed by atoms with van der Waals surface area (Å²) in [7, 11) is 0. The van der Waals surface area contributed by atoms with Crippen LogP contribution in [-0.4, -0.2) is 20.3 Å². The van der Waals surface area contributed by atoms with E-state index < -0.39 is 0 Å². The lowest BCUT2D eigenvalue weighted by atomic mass is 9.92. The van der Waals surface area contributed by atoms with Crippen molar-refractivity contribution in [2.75, 3.05) is 0 Å². The summed E-state index contributed by atoms with van der Waals surface area (Å²) in [6.45, 7) is 0. The maximum atomic E-state index is 10.1. The summed E-state index contributed by atoms with van der Waals surface area (Å²) in [5.41, 5.74) is 10.2. The summed E-state index contributed by atoms with van der Waals surface area (Å²) in [6.07, 6.45) is 1.47. The van der Waals surface area contributed by atoms with Gasteiger partial charge in [0.2, 0.25) is 0 Å². The van der Waals surface area contributed by atoms with Gasteiger partial charge in [0, 0.05) is 24.0 Å². The highest BCUT2D eigenvalue weighted by atomic mass is 16.3. The Morgan fingerprint density at radius 1 is 0.621 bits per heavy atom. The Hall–Kier alpha value is -3.79. The second-order valence-corrected chi connectivity index (χ2v) is 7.73. The molecule has 2 aliphatic carbocycles. The van der Waals surface area contributed by atoms with E-state index in [1.165, 1.54) is 0 Å². The Bertz CT molecular complexity index is 1260. The second-order valence-electron chi connectivity index (χ2n) is 7.73. The Morgan fingerprint density at radius 3 is 1.72 bits per heavy atom. The number of phenolic OH excluding ortho intramolecular Hbond substituents is 3. The minimum atomic E-state index is 0.218. The number of fused-ring (bicyclic) bond motifs is 6. The molecule has 0 saturated carbocycles. The Morgan fingerprint density at radius 2 is 1.17 bits per heavy atom. The van der Waals surface area contributed by atoms with E-state index in [1.807, 2.05) is 24.3 Å². The molecular weight excluding hydrogens is 362 g/mol. The Labute approximate surface area is 167 Å². The van der Waals surface area contributed by atoms with Crippen LogP contribution in [0.25, 0.3) is 33.6 Å². The van der Waals surface area contributed by atoms with Gasteiger partial charge in [-0.2, -0.15) is 0 Å². The number of hydrogen-bond acceptors (Lipinski definition) is 4. The molecule has 4 nitrogen and oxygen atoms in total. The van der Waals surface area contributed by atoms with Crippen molar-refractivity contribution in [3.8, 4) is 50.9 Å². The lowest BCUT2D eigenvalue weighted by Gasteiger charge is -2.15. The van der Waals surface area contributed by atoms with Crippen LogP contribution in [-0.2, 0) is 12.8 Å². The topological polar surface area (TPSA) is 73.6 Å². The van der Waals surface area contributed by atoms with Crippen molar-refractivity contribution in [2.24, 2.45) is 0 Å². The third-order valence-corrected chi connectivity index (χ3v) is 5.97. The molecule has 6 rings (SSSR count). The molecule has 0 aliphatic heterocycles. The molecule has 4 aromatic rings. The van der Waals surface area contributed by atoms with Crippen molar-refractivity contribution < 1.29 is 15.3 Å². The van der Waals surface area contributed by atoms with E-state index >= 15 is 0 Å². The molecule has 29 heavy (non-hydrogen) atoms. The quantitative estimate of drug-likeness (QED) is 0.376. The third kappa shape index (κ3) is 2.29. The van der Waals surface area contributed by atoms with Gasteiger partial charge >= 0.3 is 0 Å². The van der Waals surface area contributed by atoms with E-state index in [9.17, 15) is 15.3 Å². The number of rotatable bonds is 1. The average molecular weight is 379 g/mol. The first-order valence-corrected chi connectivity index (χ1v) is 9.58. The third-order valence-electron chi connectivity index (χ3n) is 5.97. The molecule has 4 heteroatoms. The standard InChI is InChI=1S/C25H17NO3/c27-16-3-1-2-15(8-16)23-21-9-13-4-6-17(28)11-19(13)24(21)26-25-20-12-18(29)7-5-14(20)10-22(23)25/h1-8,11-12,27-29H,9-10H2. The van der Waals surface area contributed by atoms with Gasteiger partial charge in [-0.1, -0.05) is 24.3 Å². The molecular formula is C25H17NO3. The monoisotopic (exact) mass is 379 g/mol. The number of aromatic nitrogens is 1. The zero-order valence-corrected chi connectivity index (χ0v) is 15.5. The van der Waals surface area contributed by atoms with Crippen LogP contribution >= 0.6 is 0 Å². The smallest absolute Gasteiger partial charge is 0.116 e. The first-order valence-electron chi connectivity index (χ1n) is 9.58. The highest BCUT2D eigenvalue weighted by Gasteiger charge is 2.32. The lowest BCUT2D eigenvalue weighted by molar-refractivity contribution is 0.475. The molecule has 0 spiro atoms. The van der Waals surface area contributed by atoms with Crippen molar-refractivity contribution in [1.29, 1.82) is 0 Å². The van der Waals surface area contributed by atoms with Crippen molar-refractivity contribution in [1.82, 2.24) is 4.98 Å². The molecule has 0 atom stereocenters. The number of nitrogens with zero attached hydrogens (tertiary/aromatic N) is 1. The van der Waals surface area contributed by atoms with Crippen molar-refractivity contribution in [3.63, 3.8) is 0 Å². The maximum absolute atomic E-state index is 10.1. The highest BCUT2D eigenvalue weighted by Crippen LogP contribution is 2.49. The van der Waals surface area contributed by atoms with Crippen LogP contribution in [0.2, 0.25) is 0 Å². The van der Waals surface area contributed by atoms with Crippen molar-refractivity contribution in [2.45, 2.75) is 12.8 Å². The van der Waals surface area contributed by atoms with Gasteiger partial charge in [0.1, 0.15) is 17.2 Å². The van der Waals surface area contributed by atoms with Crippen LogP contribution in [0.3, 0.4) is 0 Å². The normalized spacial score (nSPS) is 13.0. The van der Waals surface area contributed by atoms with E-state index in [2.05, 4.69) is 0 Å². The number of benzene rings is 3. The zero-order valence-electron chi connectivity index (χ0n) is 15.5. The zero-order chi connectivity index (χ0) is 19.7. The molecule has 0 unspecified atom stereocenters.